The number of carbonyl (C=O) groups excluding carboxylic acids is 1. The van der Waals surface area contributed by atoms with E-state index in [9.17, 15) is 13.2 Å². The SMILES string of the molecule is CC#CCOc1ccc(S(=O)(=O)C2(C(=O)NO)CCN(C)CC2)cc1. The minimum Gasteiger partial charge on any atom is -0.481 e. The first kappa shape index (κ1) is 19.2. The summed E-state index contributed by atoms with van der Waals surface area (Å²) in [7, 11) is -2.12. The maximum absolute atomic E-state index is 13.1. The first-order valence-electron chi connectivity index (χ1n) is 7.87. The van der Waals surface area contributed by atoms with Gasteiger partial charge in [0.1, 0.15) is 12.4 Å². The van der Waals surface area contributed by atoms with E-state index in [4.69, 9.17) is 9.94 Å². The lowest BCUT2D eigenvalue weighted by molar-refractivity contribution is -0.133. The summed E-state index contributed by atoms with van der Waals surface area (Å²) < 4.78 is 30.0. The Balaban J connectivity index is 2.33. The van der Waals surface area contributed by atoms with Crippen LogP contribution in [0.2, 0.25) is 0 Å². The fraction of sp³-hybridized carbons (Fsp3) is 0.471. The van der Waals surface area contributed by atoms with Gasteiger partial charge in [-0.05, 0) is 64.2 Å². The molecule has 7 nitrogen and oxygen atoms in total. The Morgan fingerprint density at radius 3 is 2.44 bits per heavy atom. The minimum absolute atomic E-state index is 0.0228. The molecule has 8 heteroatoms. The van der Waals surface area contributed by atoms with E-state index in [1.807, 2.05) is 11.9 Å². The molecule has 0 bridgehead atoms. The van der Waals surface area contributed by atoms with E-state index in [1.165, 1.54) is 29.7 Å². The number of ether oxygens (including phenoxy) is 1. The van der Waals surface area contributed by atoms with E-state index in [0.717, 1.165) is 0 Å². The van der Waals surface area contributed by atoms with Crippen LogP contribution < -0.4 is 10.2 Å². The summed E-state index contributed by atoms with van der Waals surface area (Å²) in [4.78, 5) is 14.2. The normalized spacial score (nSPS) is 17.2. The Morgan fingerprint density at radius 2 is 1.92 bits per heavy atom. The monoisotopic (exact) mass is 366 g/mol. The third-order valence-corrected chi connectivity index (χ3v) is 6.96. The van der Waals surface area contributed by atoms with Crippen molar-refractivity contribution in [3.8, 4) is 17.6 Å². The summed E-state index contributed by atoms with van der Waals surface area (Å²) in [6.07, 6.45) is 0.227. The highest BCUT2D eigenvalue weighted by Crippen LogP contribution is 2.36. The lowest BCUT2D eigenvalue weighted by atomic mass is 9.95. The number of nitrogens with zero attached hydrogens (tertiary/aromatic N) is 1. The van der Waals surface area contributed by atoms with Crippen molar-refractivity contribution in [2.45, 2.75) is 29.4 Å². The average Bonchev–Trinajstić information content (AvgIpc) is 2.62. The van der Waals surface area contributed by atoms with E-state index >= 15 is 0 Å². The van der Waals surface area contributed by atoms with Crippen molar-refractivity contribution in [2.75, 3.05) is 26.7 Å². The lowest BCUT2D eigenvalue weighted by Gasteiger charge is -2.38. The Labute approximate surface area is 147 Å². The van der Waals surface area contributed by atoms with Crippen LogP contribution in [0.5, 0.6) is 5.75 Å². The predicted octanol–water partition coefficient (Wildman–Crippen LogP) is 0.832. The van der Waals surface area contributed by atoms with Crippen molar-refractivity contribution in [3.63, 3.8) is 0 Å². The molecule has 1 heterocycles. The van der Waals surface area contributed by atoms with Crippen molar-refractivity contribution in [2.24, 2.45) is 0 Å². The van der Waals surface area contributed by atoms with Crippen molar-refractivity contribution < 1.29 is 23.2 Å². The molecule has 0 aliphatic carbocycles. The Kier molecular flexibility index (Phi) is 6.06. The molecule has 1 aromatic rings. The van der Waals surface area contributed by atoms with Crippen molar-refractivity contribution >= 4 is 15.7 Å². The number of benzene rings is 1. The smallest absolute Gasteiger partial charge is 0.265 e. The van der Waals surface area contributed by atoms with Gasteiger partial charge in [0.25, 0.3) is 5.91 Å². The molecule has 0 spiro atoms. The molecule has 1 saturated heterocycles. The molecule has 0 atom stereocenters. The highest BCUT2D eigenvalue weighted by Gasteiger charge is 2.52. The standard InChI is InChI=1S/C17H22N2O5S/c1-3-4-13-24-14-5-7-15(8-6-14)25(22,23)17(16(20)18-21)9-11-19(2)12-10-17/h5-8,21H,9-13H2,1-2H3,(H,18,20). The summed E-state index contributed by atoms with van der Waals surface area (Å²) in [5, 5.41) is 9.08. The second-order valence-electron chi connectivity index (χ2n) is 5.93. The van der Waals surface area contributed by atoms with Crippen LogP contribution in [0, 0.1) is 11.8 Å². The zero-order valence-electron chi connectivity index (χ0n) is 14.3. The minimum atomic E-state index is -3.98. The Hall–Kier alpha value is -2.08. The van der Waals surface area contributed by atoms with Crippen LogP contribution in [-0.4, -0.2) is 55.9 Å². The van der Waals surface area contributed by atoms with E-state index in [2.05, 4.69) is 11.8 Å². The van der Waals surface area contributed by atoms with Gasteiger partial charge in [0, 0.05) is 0 Å². The highest BCUT2D eigenvalue weighted by molar-refractivity contribution is 7.93. The van der Waals surface area contributed by atoms with Gasteiger partial charge in [-0.1, -0.05) is 5.92 Å². The fourth-order valence-corrected chi connectivity index (χ4v) is 4.79. The molecule has 1 aromatic carbocycles. The largest absolute Gasteiger partial charge is 0.481 e. The number of hydrogen-bond donors (Lipinski definition) is 2. The van der Waals surface area contributed by atoms with Crippen molar-refractivity contribution in [1.29, 1.82) is 0 Å². The van der Waals surface area contributed by atoms with Gasteiger partial charge in [-0.25, -0.2) is 13.9 Å². The fourth-order valence-electron chi connectivity index (χ4n) is 2.83. The van der Waals surface area contributed by atoms with Crippen molar-refractivity contribution in [1.82, 2.24) is 10.4 Å². The molecule has 25 heavy (non-hydrogen) atoms. The van der Waals surface area contributed by atoms with E-state index < -0.39 is 20.5 Å². The molecule has 0 aromatic heterocycles. The maximum atomic E-state index is 13.1. The molecule has 0 saturated carbocycles. The van der Waals surface area contributed by atoms with Crippen LogP contribution in [0.4, 0.5) is 0 Å². The van der Waals surface area contributed by atoms with Crippen LogP contribution in [0.15, 0.2) is 29.2 Å². The lowest BCUT2D eigenvalue weighted by Crippen LogP contribution is -2.57. The second kappa shape index (κ2) is 7.87. The number of carbonyl (C=O) groups is 1. The van der Waals surface area contributed by atoms with Gasteiger partial charge in [-0.3, -0.25) is 10.0 Å². The molecule has 1 fully saturated rings. The van der Waals surface area contributed by atoms with E-state index in [-0.39, 0.29) is 24.3 Å². The second-order valence-corrected chi connectivity index (χ2v) is 8.19. The third-order valence-electron chi connectivity index (χ3n) is 4.45. The number of hydroxylamine groups is 1. The predicted molar refractivity (Wildman–Crippen MR) is 92.0 cm³/mol. The molecule has 1 aliphatic heterocycles. The van der Waals surface area contributed by atoms with E-state index in [1.54, 1.807) is 6.92 Å². The summed E-state index contributed by atoms with van der Waals surface area (Å²) in [5.74, 6) is 5.05. The first-order valence-corrected chi connectivity index (χ1v) is 9.36. The van der Waals surface area contributed by atoms with Gasteiger partial charge < -0.3 is 9.64 Å². The van der Waals surface area contributed by atoms with Gasteiger partial charge in [0.15, 0.2) is 14.6 Å². The summed E-state index contributed by atoms with van der Waals surface area (Å²) in [5.41, 5.74) is 1.54. The van der Waals surface area contributed by atoms with Crippen LogP contribution in [0.25, 0.3) is 0 Å². The summed E-state index contributed by atoms with van der Waals surface area (Å²) in [6.45, 7) is 2.81. The van der Waals surface area contributed by atoms with Gasteiger partial charge in [-0.15, -0.1) is 5.92 Å². The number of sulfone groups is 1. The number of amides is 1. The molecule has 0 radical (unpaired) electrons. The average molecular weight is 366 g/mol. The number of nitrogens with one attached hydrogen (secondary N) is 1. The molecule has 1 amide bonds. The van der Waals surface area contributed by atoms with Gasteiger partial charge in [0.2, 0.25) is 0 Å². The van der Waals surface area contributed by atoms with Crippen LogP contribution in [0.1, 0.15) is 19.8 Å². The zero-order valence-corrected chi connectivity index (χ0v) is 15.1. The summed E-state index contributed by atoms with van der Waals surface area (Å²) in [6, 6.07) is 5.89. The van der Waals surface area contributed by atoms with Gasteiger partial charge >= 0.3 is 0 Å². The number of rotatable bonds is 5. The molecule has 2 rings (SSSR count). The first-order chi connectivity index (χ1) is 11.9. The molecule has 1 aliphatic rings. The molecule has 2 N–H and O–H groups in total. The number of likely N-dealkylation sites (tertiary alicyclic amines) is 1. The van der Waals surface area contributed by atoms with Gasteiger partial charge in [-0.2, -0.15) is 0 Å². The van der Waals surface area contributed by atoms with Gasteiger partial charge in [0.05, 0.1) is 4.90 Å². The van der Waals surface area contributed by atoms with Crippen LogP contribution in [0.3, 0.4) is 0 Å². The number of piperidine rings is 1. The Morgan fingerprint density at radius 1 is 1.32 bits per heavy atom. The molecule has 0 unspecified atom stereocenters. The maximum Gasteiger partial charge on any atom is 0.265 e. The highest BCUT2D eigenvalue weighted by atomic mass is 32.2. The quantitative estimate of drug-likeness (QED) is 0.455. The molecular weight excluding hydrogens is 344 g/mol. The number of hydrogen-bond acceptors (Lipinski definition) is 6. The van der Waals surface area contributed by atoms with Crippen LogP contribution >= 0.6 is 0 Å². The molecular formula is C17H22N2O5S. The van der Waals surface area contributed by atoms with Crippen molar-refractivity contribution in [3.05, 3.63) is 24.3 Å². The third kappa shape index (κ3) is 3.79. The zero-order chi connectivity index (χ0) is 18.5. The van der Waals surface area contributed by atoms with E-state index in [0.29, 0.717) is 18.8 Å². The summed E-state index contributed by atoms with van der Waals surface area (Å²) >= 11 is 0. The molecule has 136 valence electrons. The Bertz CT molecular complexity index is 769. The topological polar surface area (TPSA) is 95.9 Å². The van der Waals surface area contributed by atoms with Crippen LogP contribution in [-0.2, 0) is 14.6 Å².